The summed E-state index contributed by atoms with van der Waals surface area (Å²) >= 11 is 0. The molecular weight excluding hydrogens is 314 g/mol. The highest BCUT2D eigenvalue weighted by Gasteiger charge is 2.33. The summed E-state index contributed by atoms with van der Waals surface area (Å²) in [5.41, 5.74) is 4.12. The first-order valence-corrected chi connectivity index (χ1v) is 10.0. The summed E-state index contributed by atoms with van der Waals surface area (Å²) in [6, 6.07) is 2.20. The molecule has 25 heavy (non-hydrogen) atoms. The molecule has 1 aliphatic carbocycles. The number of piperidine rings is 1. The highest BCUT2D eigenvalue weighted by Crippen LogP contribution is 2.42. The van der Waals surface area contributed by atoms with Crippen molar-refractivity contribution in [1.29, 1.82) is 0 Å². The van der Waals surface area contributed by atoms with Crippen molar-refractivity contribution in [3.63, 3.8) is 0 Å². The molecule has 4 nitrogen and oxygen atoms in total. The second kappa shape index (κ2) is 6.22. The zero-order valence-electron chi connectivity index (χ0n) is 14.9. The maximum absolute atomic E-state index is 12.4. The normalized spacial score (nSPS) is 22.8. The Morgan fingerprint density at radius 3 is 2.64 bits per heavy atom. The lowest BCUT2D eigenvalue weighted by atomic mass is 9.82. The quantitative estimate of drug-likeness (QED) is 0.848. The number of amides is 1. The second-order valence-corrected chi connectivity index (χ2v) is 8.12. The van der Waals surface area contributed by atoms with Crippen molar-refractivity contribution in [2.45, 2.75) is 51.4 Å². The van der Waals surface area contributed by atoms with Gasteiger partial charge in [0.15, 0.2) is 0 Å². The van der Waals surface area contributed by atoms with Crippen LogP contribution in [0, 0.1) is 11.8 Å². The highest BCUT2D eigenvalue weighted by atomic mass is 16.5. The summed E-state index contributed by atoms with van der Waals surface area (Å²) in [5, 5.41) is 0. The molecule has 3 heterocycles. The van der Waals surface area contributed by atoms with Crippen LogP contribution in [-0.4, -0.2) is 37.1 Å². The molecule has 5 rings (SSSR count). The van der Waals surface area contributed by atoms with Crippen molar-refractivity contribution in [3.05, 3.63) is 22.8 Å². The smallest absolute Gasteiger partial charge is 0.225 e. The van der Waals surface area contributed by atoms with Crippen LogP contribution in [0.15, 0.2) is 6.07 Å². The number of nitrogens with zero attached hydrogens (tertiary/aromatic N) is 1. The molecule has 1 saturated carbocycles. The van der Waals surface area contributed by atoms with Crippen LogP contribution in [0.2, 0.25) is 0 Å². The zero-order chi connectivity index (χ0) is 16.8. The number of carbonyl (C=O) groups excluding carboxylic acids is 1. The lowest BCUT2D eigenvalue weighted by Crippen LogP contribution is -2.43. The van der Waals surface area contributed by atoms with E-state index in [1.54, 1.807) is 0 Å². The molecule has 0 N–H and O–H groups in total. The summed E-state index contributed by atoms with van der Waals surface area (Å²) in [5.74, 6) is 3.66. The predicted octanol–water partition coefficient (Wildman–Crippen LogP) is 3.14. The molecule has 1 aromatic rings. The molecule has 1 amide bonds. The molecule has 0 radical (unpaired) electrons. The Morgan fingerprint density at radius 2 is 1.88 bits per heavy atom. The third-order valence-corrected chi connectivity index (χ3v) is 6.63. The van der Waals surface area contributed by atoms with E-state index in [0.717, 1.165) is 82.7 Å². The van der Waals surface area contributed by atoms with E-state index in [1.807, 2.05) is 0 Å². The van der Waals surface area contributed by atoms with E-state index in [-0.39, 0.29) is 0 Å². The number of hydrogen-bond donors (Lipinski definition) is 0. The number of fused-ring (bicyclic) bond motifs is 2. The molecule has 3 aliphatic heterocycles. The van der Waals surface area contributed by atoms with Crippen LogP contribution in [0.25, 0.3) is 0 Å². The van der Waals surface area contributed by atoms with Gasteiger partial charge in [0.05, 0.1) is 13.2 Å². The predicted molar refractivity (Wildman–Crippen MR) is 95.2 cm³/mol. The largest absolute Gasteiger partial charge is 0.493 e. The lowest BCUT2D eigenvalue weighted by molar-refractivity contribution is -0.139. The Kier molecular flexibility index (Phi) is 3.87. The van der Waals surface area contributed by atoms with Gasteiger partial charge in [0, 0.05) is 48.5 Å². The van der Waals surface area contributed by atoms with Gasteiger partial charge in [0.2, 0.25) is 5.91 Å². The van der Waals surface area contributed by atoms with Crippen LogP contribution in [0.5, 0.6) is 11.5 Å². The van der Waals surface area contributed by atoms with Gasteiger partial charge < -0.3 is 14.4 Å². The van der Waals surface area contributed by atoms with Gasteiger partial charge in [-0.3, -0.25) is 4.79 Å². The van der Waals surface area contributed by atoms with Gasteiger partial charge >= 0.3 is 0 Å². The van der Waals surface area contributed by atoms with Crippen molar-refractivity contribution in [1.82, 2.24) is 4.90 Å². The first kappa shape index (κ1) is 15.5. The van der Waals surface area contributed by atoms with E-state index in [2.05, 4.69) is 11.0 Å². The fourth-order valence-corrected chi connectivity index (χ4v) is 4.86. The van der Waals surface area contributed by atoms with Crippen molar-refractivity contribution in [3.8, 4) is 11.5 Å². The Morgan fingerprint density at radius 1 is 1.08 bits per heavy atom. The number of carbonyl (C=O) groups is 1. The summed E-state index contributed by atoms with van der Waals surface area (Å²) < 4.78 is 11.8. The third kappa shape index (κ3) is 2.70. The van der Waals surface area contributed by atoms with Crippen molar-refractivity contribution < 1.29 is 14.3 Å². The van der Waals surface area contributed by atoms with Crippen LogP contribution < -0.4 is 9.47 Å². The average Bonchev–Trinajstić information content (AvgIpc) is 3.22. The molecule has 4 heteroatoms. The van der Waals surface area contributed by atoms with E-state index in [9.17, 15) is 4.79 Å². The number of benzene rings is 1. The topological polar surface area (TPSA) is 38.8 Å². The second-order valence-electron chi connectivity index (χ2n) is 8.12. The van der Waals surface area contributed by atoms with Crippen LogP contribution in [-0.2, 0) is 24.1 Å². The standard InChI is InChI=1S/C21H27NO3/c23-21(15-2-1-3-15)22-8-4-14(5-9-22)12-18-17-7-11-24-19(17)13-16-6-10-25-20(16)18/h13-15H,1-12H2. The van der Waals surface area contributed by atoms with Crippen molar-refractivity contribution in [2.75, 3.05) is 26.3 Å². The SMILES string of the molecule is O=C(C1CCC1)N1CCC(Cc2c3c(cc4c2OCC4)OCC3)CC1. The van der Waals surface area contributed by atoms with Crippen LogP contribution in [0.1, 0.15) is 48.8 Å². The van der Waals surface area contributed by atoms with Crippen LogP contribution >= 0.6 is 0 Å². The first-order chi connectivity index (χ1) is 12.3. The van der Waals surface area contributed by atoms with Crippen LogP contribution in [0.4, 0.5) is 0 Å². The number of rotatable bonds is 3. The van der Waals surface area contributed by atoms with Gasteiger partial charge in [-0.05, 0) is 44.1 Å². The number of hydrogen-bond acceptors (Lipinski definition) is 3. The fraction of sp³-hybridized carbons (Fsp3) is 0.667. The molecule has 4 aliphatic rings. The van der Waals surface area contributed by atoms with Gasteiger partial charge in [-0.1, -0.05) is 6.42 Å². The maximum Gasteiger partial charge on any atom is 0.225 e. The van der Waals surface area contributed by atoms with Crippen molar-refractivity contribution in [2.24, 2.45) is 11.8 Å². The van der Waals surface area contributed by atoms with Gasteiger partial charge in [0.1, 0.15) is 11.5 Å². The van der Waals surface area contributed by atoms with E-state index in [0.29, 0.717) is 17.7 Å². The molecule has 0 spiro atoms. The Hall–Kier alpha value is -1.71. The minimum absolute atomic E-state index is 0.336. The van der Waals surface area contributed by atoms with Gasteiger partial charge in [-0.15, -0.1) is 0 Å². The van der Waals surface area contributed by atoms with Gasteiger partial charge in [-0.25, -0.2) is 0 Å². The molecule has 134 valence electrons. The zero-order valence-corrected chi connectivity index (χ0v) is 14.9. The van der Waals surface area contributed by atoms with Crippen molar-refractivity contribution >= 4 is 5.91 Å². The van der Waals surface area contributed by atoms with Gasteiger partial charge in [-0.2, -0.15) is 0 Å². The Balaban J connectivity index is 1.29. The van der Waals surface area contributed by atoms with Gasteiger partial charge in [0.25, 0.3) is 0 Å². The Bertz CT molecular complexity index is 655. The lowest BCUT2D eigenvalue weighted by Gasteiger charge is -2.36. The summed E-state index contributed by atoms with van der Waals surface area (Å²) in [6.07, 6.45) is 8.80. The monoisotopic (exact) mass is 341 g/mol. The van der Waals surface area contributed by atoms with E-state index < -0.39 is 0 Å². The summed E-state index contributed by atoms with van der Waals surface area (Å²) in [6.45, 7) is 3.49. The highest BCUT2D eigenvalue weighted by molar-refractivity contribution is 5.79. The van der Waals surface area contributed by atoms with E-state index in [4.69, 9.17) is 9.47 Å². The number of likely N-dealkylation sites (tertiary alicyclic amines) is 1. The molecular formula is C21H27NO3. The molecule has 0 bridgehead atoms. The molecule has 2 fully saturated rings. The molecule has 1 aromatic carbocycles. The minimum atomic E-state index is 0.336. The molecule has 1 saturated heterocycles. The average molecular weight is 341 g/mol. The van der Waals surface area contributed by atoms with E-state index in [1.165, 1.54) is 23.1 Å². The Labute approximate surface area is 149 Å². The molecule has 0 aromatic heterocycles. The third-order valence-electron chi connectivity index (χ3n) is 6.63. The summed E-state index contributed by atoms with van der Waals surface area (Å²) in [7, 11) is 0. The fourth-order valence-electron chi connectivity index (χ4n) is 4.86. The minimum Gasteiger partial charge on any atom is -0.493 e. The maximum atomic E-state index is 12.4. The van der Waals surface area contributed by atoms with Crippen LogP contribution in [0.3, 0.4) is 0 Å². The molecule has 0 unspecified atom stereocenters. The summed E-state index contributed by atoms with van der Waals surface area (Å²) in [4.78, 5) is 14.6. The first-order valence-electron chi connectivity index (χ1n) is 10.0. The molecule has 0 atom stereocenters. The van der Waals surface area contributed by atoms with E-state index >= 15 is 0 Å². The number of ether oxygens (including phenoxy) is 2.